The van der Waals surface area contributed by atoms with Crippen LogP contribution in [0.5, 0.6) is 0 Å². The first-order valence-corrected chi connectivity index (χ1v) is 10.6. The summed E-state index contributed by atoms with van der Waals surface area (Å²) in [6, 6.07) is 9.72. The normalized spacial score (nSPS) is 15.0. The van der Waals surface area contributed by atoms with Crippen molar-refractivity contribution in [2.45, 2.75) is 39.2 Å². The highest BCUT2D eigenvalue weighted by Crippen LogP contribution is 2.22. The Hall–Kier alpha value is -2.58. The number of nitrogens with zero attached hydrogens (tertiary/aromatic N) is 4. The Labute approximate surface area is 173 Å². The van der Waals surface area contributed by atoms with Gasteiger partial charge in [0.1, 0.15) is 4.88 Å². The van der Waals surface area contributed by atoms with Crippen LogP contribution in [0.1, 0.15) is 39.0 Å². The molecular formula is C21H24N4O3S. The van der Waals surface area contributed by atoms with E-state index in [1.54, 1.807) is 0 Å². The third-order valence-corrected chi connectivity index (χ3v) is 6.06. The van der Waals surface area contributed by atoms with Crippen LogP contribution in [-0.2, 0) is 11.2 Å². The van der Waals surface area contributed by atoms with Gasteiger partial charge in [0.2, 0.25) is 0 Å². The maximum atomic E-state index is 12.7. The first-order valence-electron chi connectivity index (χ1n) is 9.83. The van der Waals surface area contributed by atoms with Gasteiger partial charge in [-0.1, -0.05) is 23.4 Å². The van der Waals surface area contributed by atoms with Gasteiger partial charge in [0.25, 0.3) is 11.8 Å². The average Bonchev–Trinajstić information content (AvgIpc) is 3.35. The van der Waals surface area contributed by atoms with Gasteiger partial charge in [-0.2, -0.15) is 4.98 Å². The Kier molecular flexibility index (Phi) is 6.01. The third-order valence-electron chi connectivity index (χ3n) is 5.00. The minimum Gasteiger partial charge on any atom is -0.378 e. The minimum absolute atomic E-state index is 0.0896. The van der Waals surface area contributed by atoms with Gasteiger partial charge < -0.3 is 14.2 Å². The molecular weight excluding hydrogens is 388 g/mol. The van der Waals surface area contributed by atoms with Crippen LogP contribution in [0.4, 0.5) is 0 Å². The molecule has 0 aliphatic carbocycles. The van der Waals surface area contributed by atoms with E-state index in [9.17, 15) is 4.79 Å². The predicted octanol–water partition coefficient (Wildman–Crippen LogP) is 3.67. The molecule has 3 aromatic rings. The maximum Gasteiger partial charge on any atom is 0.265 e. The van der Waals surface area contributed by atoms with Crippen LogP contribution in [0.25, 0.3) is 11.5 Å². The van der Waals surface area contributed by atoms with Crippen molar-refractivity contribution < 1.29 is 14.1 Å². The Morgan fingerprint density at radius 3 is 2.66 bits per heavy atom. The topological polar surface area (TPSA) is 81.4 Å². The summed E-state index contributed by atoms with van der Waals surface area (Å²) in [5.41, 5.74) is 1.74. The monoisotopic (exact) mass is 412 g/mol. The molecule has 0 atom stereocenters. The van der Waals surface area contributed by atoms with E-state index in [2.05, 4.69) is 15.1 Å². The molecule has 1 amide bonds. The number of benzene rings is 1. The second-order valence-electron chi connectivity index (χ2n) is 7.14. The molecule has 2 aromatic heterocycles. The molecule has 0 unspecified atom stereocenters. The fourth-order valence-corrected chi connectivity index (χ4v) is 4.36. The smallest absolute Gasteiger partial charge is 0.265 e. The Bertz CT molecular complexity index is 961. The van der Waals surface area contributed by atoms with E-state index in [1.807, 2.05) is 49.1 Å². The highest BCUT2D eigenvalue weighted by molar-refractivity contribution is 7.13. The van der Waals surface area contributed by atoms with Crippen molar-refractivity contribution in [3.8, 4) is 11.5 Å². The standard InChI is InChI=1S/C21H24N4O3S/c1-14-19(29-15(2)22-14)21(26)25-11-8-17(9-12-25)27-13-10-18-23-20(28-24-18)16-6-4-3-5-7-16/h3-7,17H,8-13H2,1-2H3. The van der Waals surface area contributed by atoms with E-state index in [4.69, 9.17) is 9.26 Å². The molecule has 1 aromatic carbocycles. The molecule has 0 N–H and O–H groups in total. The lowest BCUT2D eigenvalue weighted by atomic mass is 10.1. The van der Waals surface area contributed by atoms with Gasteiger partial charge in [-0.05, 0) is 38.8 Å². The molecule has 8 heteroatoms. The zero-order valence-electron chi connectivity index (χ0n) is 16.6. The number of aryl methyl sites for hydroxylation is 2. The lowest BCUT2D eigenvalue weighted by Gasteiger charge is -2.31. The van der Waals surface area contributed by atoms with E-state index < -0.39 is 0 Å². The average molecular weight is 413 g/mol. The van der Waals surface area contributed by atoms with Crippen molar-refractivity contribution in [1.29, 1.82) is 0 Å². The van der Waals surface area contributed by atoms with Gasteiger partial charge in [0.15, 0.2) is 5.82 Å². The summed E-state index contributed by atoms with van der Waals surface area (Å²) in [4.78, 5) is 24.1. The molecule has 1 fully saturated rings. The number of hydrogen-bond donors (Lipinski definition) is 0. The number of hydrogen-bond acceptors (Lipinski definition) is 7. The molecule has 1 aliphatic rings. The van der Waals surface area contributed by atoms with Crippen LogP contribution in [0.15, 0.2) is 34.9 Å². The predicted molar refractivity (Wildman–Crippen MR) is 110 cm³/mol. The highest BCUT2D eigenvalue weighted by Gasteiger charge is 2.26. The molecule has 1 saturated heterocycles. The van der Waals surface area contributed by atoms with Gasteiger partial charge in [0, 0.05) is 25.1 Å². The molecule has 29 heavy (non-hydrogen) atoms. The van der Waals surface area contributed by atoms with Crippen molar-refractivity contribution in [2.24, 2.45) is 0 Å². The summed E-state index contributed by atoms with van der Waals surface area (Å²) < 4.78 is 11.3. The summed E-state index contributed by atoms with van der Waals surface area (Å²) in [5, 5.41) is 4.96. The summed E-state index contributed by atoms with van der Waals surface area (Å²) in [5.74, 6) is 1.26. The molecule has 0 saturated carbocycles. The number of ether oxygens (including phenoxy) is 1. The van der Waals surface area contributed by atoms with Crippen molar-refractivity contribution >= 4 is 17.2 Å². The number of thiazole rings is 1. The highest BCUT2D eigenvalue weighted by atomic mass is 32.1. The number of carbonyl (C=O) groups excluding carboxylic acids is 1. The Balaban J connectivity index is 1.22. The fraction of sp³-hybridized carbons (Fsp3) is 0.429. The largest absolute Gasteiger partial charge is 0.378 e. The SMILES string of the molecule is Cc1nc(C)c(C(=O)N2CCC(OCCc3noc(-c4ccccc4)n3)CC2)s1. The minimum atomic E-state index is 0.0896. The third kappa shape index (κ3) is 4.71. The molecule has 152 valence electrons. The molecule has 0 radical (unpaired) electrons. The quantitative estimate of drug-likeness (QED) is 0.614. The molecule has 0 spiro atoms. The number of amides is 1. The van der Waals surface area contributed by atoms with Crippen LogP contribution in [-0.4, -0.2) is 51.7 Å². The van der Waals surface area contributed by atoms with Gasteiger partial charge in [-0.15, -0.1) is 11.3 Å². The Morgan fingerprint density at radius 1 is 1.21 bits per heavy atom. The van der Waals surface area contributed by atoms with Crippen molar-refractivity contribution in [1.82, 2.24) is 20.0 Å². The number of likely N-dealkylation sites (tertiary alicyclic amines) is 1. The van der Waals surface area contributed by atoms with E-state index in [0.29, 0.717) is 37.8 Å². The lowest BCUT2D eigenvalue weighted by molar-refractivity contribution is 0.00958. The second-order valence-corrected chi connectivity index (χ2v) is 8.34. The van der Waals surface area contributed by atoms with Crippen molar-refractivity contribution in [2.75, 3.05) is 19.7 Å². The van der Waals surface area contributed by atoms with Crippen LogP contribution >= 0.6 is 11.3 Å². The van der Waals surface area contributed by atoms with Crippen molar-refractivity contribution in [3.63, 3.8) is 0 Å². The summed E-state index contributed by atoms with van der Waals surface area (Å²) in [6.07, 6.45) is 2.44. The number of rotatable bonds is 6. The summed E-state index contributed by atoms with van der Waals surface area (Å²) >= 11 is 1.47. The number of carbonyl (C=O) groups is 1. The van der Waals surface area contributed by atoms with Crippen LogP contribution in [0.3, 0.4) is 0 Å². The Morgan fingerprint density at radius 2 is 1.97 bits per heavy atom. The first kappa shape index (κ1) is 19.7. The number of piperidine rings is 1. The molecule has 7 nitrogen and oxygen atoms in total. The first-order chi connectivity index (χ1) is 14.1. The molecule has 3 heterocycles. The number of aromatic nitrogens is 3. The van der Waals surface area contributed by atoms with Gasteiger partial charge in [-0.3, -0.25) is 4.79 Å². The maximum absolute atomic E-state index is 12.7. The van der Waals surface area contributed by atoms with Gasteiger partial charge in [-0.25, -0.2) is 4.98 Å². The summed E-state index contributed by atoms with van der Waals surface area (Å²) in [7, 11) is 0. The van der Waals surface area contributed by atoms with Gasteiger partial charge >= 0.3 is 0 Å². The zero-order valence-corrected chi connectivity index (χ0v) is 17.4. The van der Waals surface area contributed by atoms with Crippen LogP contribution in [0, 0.1) is 13.8 Å². The van der Waals surface area contributed by atoms with Crippen LogP contribution in [0.2, 0.25) is 0 Å². The van der Waals surface area contributed by atoms with E-state index in [1.165, 1.54) is 11.3 Å². The summed E-state index contributed by atoms with van der Waals surface area (Å²) in [6.45, 7) is 5.79. The van der Waals surface area contributed by atoms with Gasteiger partial charge in [0.05, 0.1) is 23.4 Å². The lowest BCUT2D eigenvalue weighted by Crippen LogP contribution is -2.41. The zero-order chi connectivity index (χ0) is 20.2. The van der Waals surface area contributed by atoms with Crippen molar-refractivity contribution in [3.05, 3.63) is 51.7 Å². The van der Waals surface area contributed by atoms with Crippen LogP contribution < -0.4 is 0 Å². The van der Waals surface area contributed by atoms with E-state index in [-0.39, 0.29) is 12.0 Å². The fourth-order valence-electron chi connectivity index (χ4n) is 3.47. The molecule has 4 rings (SSSR count). The second kappa shape index (κ2) is 8.84. The molecule has 0 bridgehead atoms. The molecule has 1 aliphatic heterocycles. The van der Waals surface area contributed by atoms with E-state index >= 15 is 0 Å². The van der Waals surface area contributed by atoms with E-state index in [0.717, 1.165) is 34.0 Å².